The first-order valence-corrected chi connectivity index (χ1v) is 15.7. The maximum absolute atomic E-state index is 10.3. The van der Waals surface area contributed by atoms with E-state index < -0.39 is 37.3 Å². The molecule has 2 aliphatic rings. The third kappa shape index (κ3) is 9.32. The molecule has 7 nitrogen and oxygen atoms in total. The molecule has 2 aliphatic heterocycles. The smallest absolute Gasteiger partial charge is 0.229 e. The summed E-state index contributed by atoms with van der Waals surface area (Å²) >= 11 is 0. The third-order valence-corrected chi connectivity index (χ3v) is 8.97. The fourth-order valence-electron chi connectivity index (χ4n) is 6.18. The quantitative estimate of drug-likeness (QED) is 0.217. The highest BCUT2D eigenvalue weighted by Crippen LogP contribution is 2.41. The molecule has 0 unspecified atom stereocenters. The van der Waals surface area contributed by atoms with Crippen molar-refractivity contribution in [3.63, 3.8) is 0 Å². The Morgan fingerprint density at radius 1 is 0.900 bits per heavy atom. The van der Waals surface area contributed by atoms with Gasteiger partial charge in [0.15, 0.2) is 0 Å². The summed E-state index contributed by atoms with van der Waals surface area (Å²) in [5.41, 5.74) is 1.80. The van der Waals surface area contributed by atoms with Crippen molar-refractivity contribution in [3.05, 3.63) is 23.3 Å². The minimum Gasteiger partial charge on any atom is -0.487 e. The summed E-state index contributed by atoms with van der Waals surface area (Å²) in [5.74, 6) is 3.79. The van der Waals surface area contributed by atoms with Crippen LogP contribution in [0.15, 0.2) is 12.1 Å². The van der Waals surface area contributed by atoms with Crippen molar-refractivity contribution in [3.8, 4) is 11.5 Å². The summed E-state index contributed by atoms with van der Waals surface area (Å²) in [6.45, 7) is 13.1. The van der Waals surface area contributed by atoms with Crippen LogP contribution in [0.2, 0.25) is 0 Å². The van der Waals surface area contributed by atoms with E-state index >= 15 is 0 Å². The molecule has 7 heteroatoms. The molecule has 1 fully saturated rings. The minimum absolute atomic E-state index is 0.192. The van der Waals surface area contributed by atoms with Gasteiger partial charge in [-0.2, -0.15) is 0 Å². The van der Waals surface area contributed by atoms with Gasteiger partial charge in [-0.25, -0.2) is 0 Å². The molecule has 1 saturated heterocycles. The van der Waals surface area contributed by atoms with Crippen LogP contribution in [-0.2, 0) is 11.2 Å². The number of fused-ring (bicyclic) bond motifs is 1. The monoisotopic (exact) mass is 564 g/mol. The molecule has 0 amide bonds. The lowest BCUT2D eigenvalue weighted by Gasteiger charge is -2.40. The van der Waals surface area contributed by atoms with Gasteiger partial charge in [0.1, 0.15) is 41.5 Å². The van der Waals surface area contributed by atoms with Crippen molar-refractivity contribution >= 4 is 0 Å². The Hall–Kier alpha value is -1.38. The van der Waals surface area contributed by atoms with Gasteiger partial charge >= 0.3 is 0 Å². The van der Waals surface area contributed by atoms with E-state index in [1.807, 2.05) is 19.1 Å². The van der Waals surface area contributed by atoms with Gasteiger partial charge in [0.2, 0.25) is 6.29 Å². The third-order valence-electron chi connectivity index (χ3n) is 8.97. The molecule has 0 spiro atoms. The molecule has 1 aromatic carbocycles. The number of hydrogen-bond donors (Lipinski definition) is 4. The average Bonchev–Trinajstić information content (AvgIpc) is 2.89. The predicted molar refractivity (Wildman–Crippen MR) is 158 cm³/mol. The molecular formula is C33H56O7. The van der Waals surface area contributed by atoms with E-state index in [2.05, 4.69) is 34.6 Å². The largest absolute Gasteiger partial charge is 0.487 e. The summed E-state index contributed by atoms with van der Waals surface area (Å²) in [7, 11) is 0. The lowest BCUT2D eigenvalue weighted by Crippen LogP contribution is -2.60. The van der Waals surface area contributed by atoms with Gasteiger partial charge in [0, 0.05) is 0 Å². The van der Waals surface area contributed by atoms with Crippen LogP contribution in [0.3, 0.4) is 0 Å². The lowest BCUT2D eigenvalue weighted by atomic mass is 9.85. The molecular weight excluding hydrogens is 508 g/mol. The number of hydrogen-bond acceptors (Lipinski definition) is 7. The molecule has 0 saturated carbocycles. The molecule has 230 valence electrons. The van der Waals surface area contributed by atoms with Crippen molar-refractivity contribution in [1.29, 1.82) is 0 Å². The summed E-state index contributed by atoms with van der Waals surface area (Å²) in [6, 6.07) is 3.74. The summed E-state index contributed by atoms with van der Waals surface area (Å²) < 4.78 is 18.0. The van der Waals surface area contributed by atoms with Gasteiger partial charge < -0.3 is 34.6 Å². The second kappa shape index (κ2) is 15.2. The summed E-state index contributed by atoms with van der Waals surface area (Å²) in [5, 5.41) is 39.9. The zero-order valence-electron chi connectivity index (χ0n) is 25.8. The van der Waals surface area contributed by atoms with E-state index in [0.717, 1.165) is 60.3 Å². The van der Waals surface area contributed by atoms with Gasteiger partial charge in [-0.1, -0.05) is 72.6 Å². The van der Waals surface area contributed by atoms with Crippen LogP contribution in [0.25, 0.3) is 0 Å². The predicted octanol–water partition coefficient (Wildman–Crippen LogP) is 5.70. The van der Waals surface area contributed by atoms with Gasteiger partial charge in [-0.15, -0.1) is 0 Å². The first-order chi connectivity index (χ1) is 18.9. The van der Waals surface area contributed by atoms with Crippen LogP contribution in [0.4, 0.5) is 0 Å². The van der Waals surface area contributed by atoms with E-state index in [1.165, 1.54) is 44.9 Å². The van der Waals surface area contributed by atoms with Gasteiger partial charge in [0.25, 0.3) is 0 Å². The topological polar surface area (TPSA) is 109 Å². The fourth-order valence-corrected chi connectivity index (χ4v) is 6.18. The molecule has 0 radical (unpaired) electrons. The molecule has 2 heterocycles. The van der Waals surface area contributed by atoms with E-state index in [4.69, 9.17) is 14.2 Å². The lowest BCUT2D eigenvalue weighted by molar-refractivity contribution is -0.277. The second-order valence-corrected chi connectivity index (χ2v) is 13.5. The van der Waals surface area contributed by atoms with Gasteiger partial charge in [-0.05, 0) is 80.5 Å². The number of aliphatic hydroxyl groups is 4. The number of benzene rings is 1. The van der Waals surface area contributed by atoms with E-state index in [1.54, 1.807) is 0 Å². The van der Waals surface area contributed by atoms with E-state index in [-0.39, 0.29) is 5.60 Å². The zero-order valence-corrected chi connectivity index (χ0v) is 25.8. The minimum atomic E-state index is -1.47. The number of rotatable bonds is 15. The SMILES string of the molecule is Cc1cc(O[C@H]2O[C@H](CO)[C@@H](O)[C@H](O)[C@@H]2O)cc2c1O[C@](C)(CCC[C@H](C)CCC[C@H](C)CCCC(C)C)CC2. The normalized spacial score (nSPS) is 30.0. The van der Waals surface area contributed by atoms with Crippen molar-refractivity contribution < 1.29 is 34.6 Å². The summed E-state index contributed by atoms with van der Waals surface area (Å²) in [4.78, 5) is 0. The number of aryl methyl sites for hydroxylation is 2. The molecule has 0 bridgehead atoms. The summed E-state index contributed by atoms with van der Waals surface area (Å²) in [6.07, 6.45) is 6.77. The highest BCUT2D eigenvalue weighted by atomic mass is 16.7. The van der Waals surface area contributed by atoms with Crippen LogP contribution in [0, 0.1) is 24.7 Å². The second-order valence-electron chi connectivity index (χ2n) is 13.5. The Labute approximate surface area is 242 Å². The van der Waals surface area contributed by atoms with Crippen molar-refractivity contribution in [1.82, 2.24) is 0 Å². The molecule has 1 aromatic rings. The Morgan fingerprint density at radius 2 is 1.52 bits per heavy atom. The molecule has 8 atom stereocenters. The van der Waals surface area contributed by atoms with E-state index in [9.17, 15) is 20.4 Å². The molecule has 40 heavy (non-hydrogen) atoms. The highest BCUT2D eigenvalue weighted by molar-refractivity contribution is 5.48. The first-order valence-electron chi connectivity index (χ1n) is 15.7. The van der Waals surface area contributed by atoms with Crippen LogP contribution >= 0.6 is 0 Å². The molecule has 4 N–H and O–H groups in total. The first kappa shape index (κ1) is 33.1. The Bertz CT molecular complexity index is 903. The van der Waals surface area contributed by atoms with E-state index in [0.29, 0.717) is 5.75 Å². The maximum atomic E-state index is 10.3. The Kier molecular flexibility index (Phi) is 12.6. The average molecular weight is 565 g/mol. The van der Waals surface area contributed by atoms with Gasteiger partial charge in [0.05, 0.1) is 6.61 Å². The Balaban J connectivity index is 1.45. The highest BCUT2D eigenvalue weighted by Gasteiger charge is 2.45. The van der Waals surface area contributed by atoms with Crippen LogP contribution in [0.1, 0.15) is 110 Å². The fraction of sp³-hybridized carbons (Fsp3) is 0.818. The molecule has 0 aliphatic carbocycles. The van der Waals surface area contributed by atoms with Crippen molar-refractivity contribution in [2.45, 2.75) is 148 Å². The number of aliphatic hydroxyl groups excluding tert-OH is 4. The number of ether oxygens (including phenoxy) is 3. The standard InChI is InChI=1S/C33H56O7/c1-21(2)10-7-11-22(3)12-8-13-23(4)14-9-16-33(6)17-15-25-19-26(18-24(5)31(25)40-33)38-32-30(37)29(36)28(35)27(20-34)39-32/h18-19,21-23,27-30,32,34-37H,7-17,20H2,1-6H3/t22-,23-,27-,28-,29+,30+,32+,33-/m1/s1. The van der Waals surface area contributed by atoms with Crippen LogP contribution in [-0.4, -0.2) is 63.3 Å². The Morgan fingerprint density at radius 3 is 2.15 bits per heavy atom. The molecule has 3 rings (SSSR count). The van der Waals surface area contributed by atoms with Gasteiger partial charge in [-0.3, -0.25) is 0 Å². The molecule has 0 aromatic heterocycles. The van der Waals surface area contributed by atoms with Crippen molar-refractivity contribution in [2.24, 2.45) is 17.8 Å². The zero-order chi connectivity index (χ0) is 29.4. The van der Waals surface area contributed by atoms with Crippen LogP contribution < -0.4 is 9.47 Å². The maximum Gasteiger partial charge on any atom is 0.229 e. The van der Waals surface area contributed by atoms with Crippen LogP contribution in [0.5, 0.6) is 11.5 Å². The van der Waals surface area contributed by atoms with Crippen molar-refractivity contribution in [2.75, 3.05) is 6.61 Å².